The van der Waals surface area contributed by atoms with E-state index in [1.165, 1.54) is 36.2 Å². The molecule has 1 heterocycles. The first-order valence-electron chi connectivity index (χ1n) is 6.02. The molecule has 0 saturated heterocycles. The second-order valence-corrected chi connectivity index (χ2v) is 5.93. The van der Waals surface area contributed by atoms with E-state index in [0.717, 1.165) is 16.2 Å². The summed E-state index contributed by atoms with van der Waals surface area (Å²) in [5.41, 5.74) is -0.0808. The zero-order chi connectivity index (χ0) is 16.3. The highest BCUT2D eigenvalue weighted by atomic mass is 32.2. The highest BCUT2D eigenvalue weighted by molar-refractivity contribution is 7.98. The van der Waals surface area contributed by atoms with Crippen LogP contribution in [0.2, 0.25) is 0 Å². The Hall–Kier alpha value is -2.26. The van der Waals surface area contributed by atoms with Gasteiger partial charge in [0, 0.05) is 23.3 Å². The molecule has 0 aliphatic heterocycles. The molecule has 0 spiro atoms. The van der Waals surface area contributed by atoms with E-state index in [0.29, 0.717) is 0 Å². The number of anilines is 1. The van der Waals surface area contributed by atoms with Crippen molar-refractivity contribution in [2.75, 3.05) is 11.6 Å². The van der Waals surface area contributed by atoms with Crippen LogP contribution < -0.4 is 5.32 Å². The predicted octanol–water partition coefficient (Wildman–Crippen LogP) is 3.23. The third-order valence-electron chi connectivity index (χ3n) is 2.73. The number of Topliss-reactive ketones (excluding diaryl/α,β-unsaturated/α-hetero) is 1. The normalized spacial score (nSPS) is 10.3. The SMILES string of the molecule is CSc1ccc([N+](=O)[O-])c(C(=O)Nc2nc(C(C)=O)cs2)c1. The molecule has 1 aromatic carbocycles. The molecule has 2 rings (SSSR count). The van der Waals surface area contributed by atoms with Gasteiger partial charge in [0.05, 0.1) is 4.92 Å². The van der Waals surface area contributed by atoms with Crippen molar-refractivity contribution >= 4 is 45.6 Å². The highest BCUT2D eigenvalue weighted by Crippen LogP contribution is 2.26. The first-order valence-corrected chi connectivity index (χ1v) is 8.13. The molecule has 0 atom stereocenters. The minimum Gasteiger partial charge on any atom is -0.298 e. The maximum Gasteiger partial charge on any atom is 0.282 e. The molecule has 0 fully saturated rings. The Morgan fingerprint density at radius 3 is 2.68 bits per heavy atom. The number of nitro benzene ring substituents is 1. The lowest BCUT2D eigenvalue weighted by atomic mass is 10.1. The van der Waals surface area contributed by atoms with E-state index in [2.05, 4.69) is 10.3 Å². The van der Waals surface area contributed by atoms with Gasteiger partial charge in [0.1, 0.15) is 11.3 Å². The summed E-state index contributed by atoms with van der Waals surface area (Å²) in [5.74, 6) is -0.848. The van der Waals surface area contributed by atoms with E-state index in [-0.39, 0.29) is 27.9 Å². The van der Waals surface area contributed by atoms with Crippen molar-refractivity contribution in [2.24, 2.45) is 0 Å². The van der Waals surface area contributed by atoms with Crippen LogP contribution in [0, 0.1) is 10.1 Å². The number of nitrogens with zero attached hydrogens (tertiary/aromatic N) is 2. The Kier molecular flexibility index (Phi) is 4.88. The molecule has 22 heavy (non-hydrogen) atoms. The van der Waals surface area contributed by atoms with Gasteiger partial charge in [-0.2, -0.15) is 0 Å². The Bertz CT molecular complexity index is 757. The summed E-state index contributed by atoms with van der Waals surface area (Å²) in [4.78, 5) is 38.5. The number of amides is 1. The number of carbonyl (C=O) groups is 2. The van der Waals surface area contributed by atoms with Gasteiger partial charge in [-0.15, -0.1) is 23.1 Å². The second-order valence-electron chi connectivity index (χ2n) is 4.19. The fourth-order valence-corrected chi connectivity index (χ4v) is 2.82. The van der Waals surface area contributed by atoms with Crippen LogP contribution in [0.4, 0.5) is 10.8 Å². The van der Waals surface area contributed by atoms with Gasteiger partial charge < -0.3 is 0 Å². The Balaban J connectivity index is 2.31. The van der Waals surface area contributed by atoms with Crippen LogP contribution in [0.1, 0.15) is 27.8 Å². The predicted molar refractivity (Wildman–Crippen MR) is 84.9 cm³/mol. The Morgan fingerprint density at radius 1 is 1.41 bits per heavy atom. The van der Waals surface area contributed by atoms with Crippen molar-refractivity contribution < 1.29 is 14.5 Å². The quantitative estimate of drug-likeness (QED) is 0.389. The third-order valence-corrected chi connectivity index (χ3v) is 4.21. The molecule has 9 heteroatoms. The molecule has 1 amide bonds. The van der Waals surface area contributed by atoms with E-state index < -0.39 is 10.8 Å². The number of benzene rings is 1. The molecule has 114 valence electrons. The van der Waals surface area contributed by atoms with Gasteiger partial charge >= 0.3 is 0 Å². The van der Waals surface area contributed by atoms with Crippen LogP contribution in [0.25, 0.3) is 0 Å². The van der Waals surface area contributed by atoms with Crippen LogP contribution in [-0.2, 0) is 0 Å². The fraction of sp³-hybridized carbons (Fsp3) is 0.154. The molecule has 7 nitrogen and oxygen atoms in total. The van der Waals surface area contributed by atoms with Crippen molar-refractivity contribution in [1.29, 1.82) is 0 Å². The molecule has 0 bridgehead atoms. The van der Waals surface area contributed by atoms with Gasteiger partial charge in [0.2, 0.25) is 0 Å². The molecule has 0 saturated carbocycles. The van der Waals surface area contributed by atoms with Gasteiger partial charge in [0.25, 0.3) is 11.6 Å². The van der Waals surface area contributed by atoms with Crippen molar-refractivity contribution in [1.82, 2.24) is 4.98 Å². The zero-order valence-corrected chi connectivity index (χ0v) is 13.3. The average molecular weight is 337 g/mol. The monoisotopic (exact) mass is 337 g/mol. The number of nitro groups is 1. The number of thioether (sulfide) groups is 1. The van der Waals surface area contributed by atoms with Crippen LogP contribution in [0.3, 0.4) is 0 Å². The summed E-state index contributed by atoms with van der Waals surface area (Å²) in [6, 6.07) is 4.33. The lowest BCUT2D eigenvalue weighted by Gasteiger charge is -2.05. The third kappa shape index (κ3) is 3.49. The largest absolute Gasteiger partial charge is 0.298 e. The summed E-state index contributed by atoms with van der Waals surface area (Å²) in [6.07, 6.45) is 1.81. The number of hydrogen-bond acceptors (Lipinski definition) is 7. The summed E-state index contributed by atoms with van der Waals surface area (Å²) in [5, 5.41) is 15.3. The summed E-state index contributed by atoms with van der Waals surface area (Å²) >= 11 is 2.46. The molecule has 0 aliphatic rings. The number of carbonyl (C=O) groups excluding carboxylic acids is 2. The molecule has 0 unspecified atom stereocenters. The lowest BCUT2D eigenvalue weighted by Crippen LogP contribution is -2.14. The molecule has 0 radical (unpaired) electrons. The molecule has 2 aromatic rings. The van der Waals surface area contributed by atoms with Gasteiger partial charge in [-0.3, -0.25) is 25.0 Å². The molecule has 1 N–H and O–H groups in total. The summed E-state index contributed by atoms with van der Waals surface area (Å²) < 4.78 is 0. The van der Waals surface area contributed by atoms with E-state index in [4.69, 9.17) is 0 Å². The maximum atomic E-state index is 12.2. The van der Waals surface area contributed by atoms with E-state index in [1.807, 2.05) is 6.26 Å². The number of nitrogens with one attached hydrogen (secondary N) is 1. The van der Waals surface area contributed by atoms with Crippen molar-refractivity contribution in [3.05, 3.63) is 45.0 Å². The topological polar surface area (TPSA) is 102 Å². The maximum absolute atomic E-state index is 12.2. The minimum atomic E-state index is -0.632. The lowest BCUT2D eigenvalue weighted by molar-refractivity contribution is -0.385. The summed E-state index contributed by atoms with van der Waals surface area (Å²) in [6.45, 7) is 1.37. The second kappa shape index (κ2) is 6.67. The summed E-state index contributed by atoms with van der Waals surface area (Å²) in [7, 11) is 0. The van der Waals surface area contributed by atoms with Crippen molar-refractivity contribution in [3.8, 4) is 0 Å². The number of aromatic nitrogens is 1. The number of hydrogen-bond donors (Lipinski definition) is 1. The smallest absolute Gasteiger partial charge is 0.282 e. The van der Waals surface area contributed by atoms with E-state index >= 15 is 0 Å². The van der Waals surface area contributed by atoms with Crippen LogP contribution in [0.15, 0.2) is 28.5 Å². The number of rotatable bonds is 5. The van der Waals surface area contributed by atoms with Crippen molar-refractivity contribution in [2.45, 2.75) is 11.8 Å². The molecule has 0 aliphatic carbocycles. The Morgan fingerprint density at radius 2 is 2.14 bits per heavy atom. The van der Waals surface area contributed by atoms with Crippen LogP contribution >= 0.6 is 23.1 Å². The first kappa shape index (κ1) is 16.1. The van der Waals surface area contributed by atoms with Crippen LogP contribution in [0.5, 0.6) is 0 Å². The van der Waals surface area contributed by atoms with Crippen molar-refractivity contribution in [3.63, 3.8) is 0 Å². The molecule has 1 aromatic heterocycles. The van der Waals surface area contributed by atoms with Gasteiger partial charge in [-0.1, -0.05) is 0 Å². The molecular weight excluding hydrogens is 326 g/mol. The van der Waals surface area contributed by atoms with Gasteiger partial charge in [0.15, 0.2) is 10.9 Å². The van der Waals surface area contributed by atoms with E-state index in [1.54, 1.807) is 6.07 Å². The standard InChI is InChI=1S/C13H11N3O4S2/c1-7(17)10-6-22-13(14-10)15-12(18)9-5-8(21-2)3-4-11(9)16(19)20/h3-6H,1-2H3,(H,14,15,18). The van der Waals surface area contributed by atoms with Gasteiger partial charge in [-0.05, 0) is 18.4 Å². The highest BCUT2D eigenvalue weighted by Gasteiger charge is 2.21. The van der Waals surface area contributed by atoms with Gasteiger partial charge in [-0.25, -0.2) is 4.98 Å². The average Bonchev–Trinajstić information content (AvgIpc) is 2.95. The fourth-order valence-electron chi connectivity index (χ4n) is 1.64. The first-order chi connectivity index (χ1) is 10.4. The zero-order valence-electron chi connectivity index (χ0n) is 11.7. The minimum absolute atomic E-state index is 0.0450. The van der Waals surface area contributed by atoms with E-state index in [9.17, 15) is 19.7 Å². The number of ketones is 1. The number of thiazole rings is 1. The molecular formula is C13H11N3O4S2. The Labute approximate surface area is 133 Å². The van der Waals surface area contributed by atoms with Crippen LogP contribution in [-0.4, -0.2) is 27.9 Å².